The first-order chi connectivity index (χ1) is 5.45. The van der Waals surface area contributed by atoms with Crippen LogP contribution in [0.1, 0.15) is 41.0 Å². The number of nitrogens with zero attached hydrogens (tertiary/aromatic N) is 1. The molecule has 1 fully saturated rings. The number of hydrogen-bond donors (Lipinski definition) is 0. The Morgan fingerprint density at radius 3 is 2.17 bits per heavy atom. The molecule has 0 radical (unpaired) electrons. The molecule has 1 heteroatoms. The van der Waals surface area contributed by atoms with Crippen LogP contribution in [0, 0.1) is 11.3 Å². The maximum Gasteiger partial charge on any atom is 0.00645 e. The minimum absolute atomic E-state index is 0.518. The van der Waals surface area contributed by atoms with Gasteiger partial charge in [-0.3, -0.25) is 4.90 Å². The summed E-state index contributed by atoms with van der Waals surface area (Å²) in [7, 11) is 0. The zero-order valence-electron chi connectivity index (χ0n) is 9.22. The summed E-state index contributed by atoms with van der Waals surface area (Å²) in [5, 5.41) is 0. The van der Waals surface area contributed by atoms with Gasteiger partial charge in [0, 0.05) is 19.1 Å². The molecule has 1 unspecified atom stereocenters. The molecule has 1 nitrogen and oxygen atoms in total. The number of likely N-dealkylation sites (tertiary alicyclic amines) is 1. The van der Waals surface area contributed by atoms with E-state index < -0.39 is 0 Å². The third-order valence-corrected chi connectivity index (χ3v) is 3.35. The molecule has 1 atom stereocenters. The van der Waals surface area contributed by atoms with Crippen LogP contribution in [0.4, 0.5) is 0 Å². The van der Waals surface area contributed by atoms with Crippen molar-refractivity contribution in [3.63, 3.8) is 0 Å². The highest BCUT2D eigenvalue weighted by Gasteiger charge is 2.36. The van der Waals surface area contributed by atoms with E-state index in [2.05, 4.69) is 39.5 Å². The maximum absolute atomic E-state index is 2.59. The highest BCUT2D eigenvalue weighted by atomic mass is 15.2. The third kappa shape index (κ3) is 2.01. The second-order valence-corrected chi connectivity index (χ2v) is 5.27. The maximum atomic E-state index is 2.59. The van der Waals surface area contributed by atoms with Crippen molar-refractivity contribution in [3.05, 3.63) is 0 Å². The van der Waals surface area contributed by atoms with Crippen LogP contribution in [0.25, 0.3) is 0 Å². The van der Waals surface area contributed by atoms with Crippen molar-refractivity contribution in [2.75, 3.05) is 13.1 Å². The van der Waals surface area contributed by atoms with Crippen molar-refractivity contribution in [3.8, 4) is 0 Å². The van der Waals surface area contributed by atoms with Gasteiger partial charge in [-0.1, -0.05) is 27.7 Å². The first kappa shape index (κ1) is 10.0. The molecule has 1 aliphatic rings. The summed E-state index contributed by atoms with van der Waals surface area (Å²) in [6.07, 6.45) is 1.29. The summed E-state index contributed by atoms with van der Waals surface area (Å²) in [4.78, 5) is 2.59. The minimum atomic E-state index is 0.518. The van der Waals surface area contributed by atoms with Crippen molar-refractivity contribution in [1.82, 2.24) is 4.90 Å². The van der Waals surface area contributed by atoms with Crippen LogP contribution in [0.2, 0.25) is 0 Å². The lowest BCUT2D eigenvalue weighted by molar-refractivity contribution is -0.00280. The first-order valence-electron chi connectivity index (χ1n) is 5.19. The average molecular weight is 169 g/mol. The first-order valence-corrected chi connectivity index (χ1v) is 5.19. The van der Waals surface area contributed by atoms with Gasteiger partial charge in [0.05, 0.1) is 0 Å². The van der Waals surface area contributed by atoms with Gasteiger partial charge in [-0.25, -0.2) is 0 Å². The highest BCUT2D eigenvalue weighted by molar-refractivity contribution is 4.89. The van der Waals surface area contributed by atoms with E-state index in [9.17, 15) is 0 Å². The molecular weight excluding hydrogens is 146 g/mol. The molecule has 0 spiro atoms. The van der Waals surface area contributed by atoms with E-state index in [0.717, 1.165) is 12.0 Å². The lowest BCUT2D eigenvalue weighted by Crippen LogP contribution is -2.55. The topological polar surface area (TPSA) is 3.24 Å². The second kappa shape index (κ2) is 3.37. The van der Waals surface area contributed by atoms with Crippen LogP contribution in [-0.4, -0.2) is 24.0 Å². The Balaban J connectivity index is 2.29. The molecule has 0 aromatic rings. The predicted octanol–water partition coefficient (Wildman–Crippen LogP) is 2.76. The number of rotatable bonds is 2. The van der Waals surface area contributed by atoms with Crippen LogP contribution in [0.3, 0.4) is 0 Å². The molecule has 0 aliphatic carbocycles. The van der Waals surface area contributed by atoms with Gasteiger partial charge in [0.25, 0.3) is 0 Å². The summed E-state index contributed by atoms with van der Waals surface area (Å²) >= 11 is 0. The van der Waals surface area contributed by atoms with Gasteiger partial charge in [-0.05, 0) is 24.7 Å². The summed E-state index contributed by atoms with van der Waals surface area (Å²) in [6, 6.07) is 0.795. The summed E-state index contributed by atoms with van der Waals surface area (Å²) in [6.45, 7) is 14.3. The van der Waals surface area contributed by atoms with E-state index in [4.69, 9.17) is 0 Å². The lowest BCUT2D eigenvalue weighted by Gasteiger charge is -2.49. The normalized spacial score (nSPS) is 23.8. The van der Waals surface area contributed by atoms with E-state index in [-0.39, 0.29) is 0 Å². The van der Waals surface area contributed by atoms with Crippen LogP contribution in [-0.2, 0) is 0 Å². The molecule has 0 amide bonds. The molecule has 12 heavy (non-hydrogen) atoms. The third-order valence-electron chi connectivity index (χ3n) is 3.35. The molecule has 0 saturated carbocycles. The summed E-state index contributed by atoms with van der Waals surface area (Å²) in [5.41, 5.74) is 0.518. The zero-order valence-corrected chi connectivity index (χ0v) is 9.22. The van der Waals surface area contributed by atoms with E-state index in [0.29, 0.717) is 5.41 Å². The Kier molecular flexibility index (Phi) is 2.82. The second-order valence-electron chi connectivity index (χ2n) is 5.27. The van der Waals surface area contributed by atoms with Gasteiger partial charge >= 0.3 is 0 Å². The quantitative estimate of drug-likeness (QED) is 0.614. The molecule has 1 rings (SSSR count). The van der Waals surface area contributed by atoms with Crippen molar-refractivity contribution in [1.29, 1.82) is 0 Å². The molecule has 0 bridgehead atoms. The van der Waals surface area contributed by atoms with Gasteiger partial charge in [0.2, 0.25) is 0 Å². The Bertz CT molecular complexity index is 140. The van der Waals surface area contributed by atoms with Crippen molar-refractivity contribution in [2.45, 2.75) is 47.1 Å². The van der Waals surface area contributed by atoms with Gasteiger partial charge < -0.3 is 0 Å². The summed E-state index contributed by atoms with van der Waals surface area (Å²) in [5.74, 6) is 0.923. The van der Waals surface area contributed by atoms with Gasteiger partial charge in [0.1, 0.15) is 0 Å². The summed E-state index contributed by atoms with van der Waals surface area (Å²) < 4.78 is 0. The van der Waals surface area contributed by atoms with Crippen molar-refractivity contribution in [2.24, 2.45) is 11.3 Å². The Morgan fingerprint density at radius 1 is 1.33 bits per heavy atom. The monoisotopic (exact) mass is 169 g/mol. The van der Waals surface area contributed by atoms with Crippen LogP contribution >= 0.6 is 0 Å². The van der Waals surface area contributed by atoms with Gasteiger partial charge in [0.15, 0.2) is 0 Å². The molecule has 1 heterocycles. The lowest BCUT2D eigenvalue weighted by atomic mass is 9.75. The molecule has 1 aliphatic heterocycles. The fraction of sp³-hybridized carbons (Fsp3) is 1.00. The van der Waals surface area contributed by atoms with Crippen LogP contribution in [0.5, 0.6) is 0 Å². The number of hydrogen-bond acceptors (Lipinski definition) is 1. The van der Waals surface area contributed by atoms with Gasteiger partial charge in [-0.2, -0.15) is 0 Å². The molecule has 0 aromatic heterocycles. The fourth-order valence-corrected chi connectivity index (χ4v) is 1.68. The molecule has 0 aromatic carbocycles. The Morgan fingerprint density at radius 2 is 1.83 bits per heavy atom. The molecule has 0 N–H and O–H groups in total. The average Bonchev–Trinajstić information content (AvgIpc) is 1.80. The zero-order chi connectivity index (χ0) is 9.35. The van der Waals surface area contributed by atoms with E-state index in [1.807, 2.05) is 0 Å². The predicted molar refractivity (Wildman–Crippen MR) is 54.3 cm³/mol. The molecule has 72 valence electrons. The molecular formula is C11H23N. The van der Waals surface area contributed by atoms with Crippen LogP contribution in [0.15, 0.2) is 0 Å². The minimum Gasteiger partial charge on any atom is -0.300 e. The highest BCUT2D eigenvalue weighted by Crippen LogP contribution is 2.34. The van der Waals surface area contributed by atoms with E-state index in [1.54, 1.807) is 0 Å². The van der Waals surface area contributed by atoms with Crippen LogP contribution < -0.4 is 0 Å². The van der Waals surface area contributed by atoms with E-state index >= 15 is 0 Å². The SMILES string of the molecule is CCC(C)N1CC(C(C)(C)C)C1. The van der Waals surface area contributed by atoms with Crippen molar-refractivity contribution < 1.29 is 0 Å². The smallest absolute Gasteiger partial charge is 0.00645 e. The van der Waals surface area contributed by atoms with E-state index in [1.165, 1.54) is 19.5 Å². The Labute approximate surface area is 77.1 Å². The molecule has 1 saturated heterocycles. The Hall–Kier alpha value is -0.0400. The standard InChI is InChI=1S/C11H23N/c1-6-9(2)12-7-10(8-12)11(3,4)5/h9-10H,6-8H2,1-5H3. The fourth-order valence-electron chi connectivity index (χ4n) is 1.68. The van der Waals surface area contributed by atoms with Gasteiger partial charge in [-0.15, -0.1) is 0 Å². The van der Waals surface area contributed by atoms with Crippen molar-refractivity contribution >= 4 is 0 Å². The largest absolute Gasteiger partial charge is 0.300 e.